The van der Waals surface area contributed by atoms with E-state index in [0.717, 1.165) is 19.3 Å². The Labute approximate surface area is 97.9 Å². The molecule has 1 rings (SSSR count). The number of rotatable bonds is 5. The smallest absolute Gasteiger partial charge is 0.223 e. The van der Waals surface area contributed by atoms with E-state index in [-0.39, 0.29) is 17.9 Å². The second-order valence-electron chi connectivity index (χ2n) is 4.83. The number of ether oxygens (including phenoxy) is 1. The highest BCUT2D eigenvalue weighted by Crippen LogP contribution is 2.28. The molecule has 3 atom stereocenters. The van der Waals surface area contributed by atoms with Gasteiger partial charge in [-0.1, -0.05) is 6.42 Å². The van der Waals surface area contributed by atoms with E-state index in [1.165, 1.54) is 6.42 Å². The molecule has 0 saturated heterocycles. The molecule has 0 aromatic heterocycles. The maximum Gasteiger partial charge on any atom is 0.223 e. The van der Waals surface area contributed by atoms with Gasteiger partial charge >= 0.3 is 0 Å². The summed E-state index contributed by atoms with van der Waals surface area (Å²) in [6.45, 7) is 3.24. The zero-order valence-corrected chi connectivity index (χ0v) is 10.4. The Morgan fingerprint density at radius 1 is 1.56 bits per heavy atom. The zero-order chi connectivity index (χ0) is 12.0. The Hall–Kier alpha value is -0.610. The number of hydrogen-bond acceptors (Lipinski definition) is 3. The van der Waals surface area contributed by atoms with Crippen LogP contribution >= 0.6 is 0 Å². The molecule has 1 saturated carbocycles. The van der Waals surface area contributed by atoms with Gasteiger partial charge in [-0.15, -0.1) is 0 Å². The van der Waals surface area contributed by atoms with Crippen LogP contribution in [0.25, 0.3) is 0 Å². The van der Waals surface area contributed by atoms with Crippen molar-refractivity contribution in [1.82, 2.24) is 5.32 Å². The second kappa shape index (κ2) is 6.86. The molecule has 3 N–H and O–H groups in total. The van der Waals surface area contributed by atoms with Gasteiger partial charge in [0.2, 0.25) is 5.91 Å². The summed E-state index contributed by atoms with van der Waals surface area (Å²) >= 11 is 0. The third-order valence-electron chi connectivity index (χ3n) is 3.29. The van der Waals surface area contributed by atoms with Crippen LogP contribution in [0.1, 0.15) is 32.6 Å². The molecule has 1 fully saturated rings. The number of hydrogen-bond donors (Lipinski definition) is 2. The molecule has 3 unspecified atom stereocenters. The quantitative estimate of drug-likeness (QED) is 0.735. The normalized spacial score (nSPS) is 27.4. The van der Waals surface area contributed by atoms with Crippen LogP contribution in [0.15, 0.2) is 0 Å². The van der Waals surface area contributed by atoms with E-state index in [4.69, 9.17) is 10.5 Å². The first-order chi connectivity index (χ1) is 7.67. The summed E-state index contributed by atoms with van der Waals surface area (Å²) in [4.78, 5) is 11.9. The molecule has 0 aromatic rings. The van der Waals surface area contributed by atoms with Gasteiger partial charge in [-0.2, -0.15) is 0 Å². The summed E-state index contributed by atoms with van der Waals surface area (Å²) in [5.41, 5.74) is 5.66. The minimum absolute atomic E-state index is 0.0933. The van der Waals surface area contributed by atoms with Gasteiger partial charge in [0.1, 0.15) is 0 Å². The highest BCUT2D eigenvalue weighted by molar-refractivity contribution is 5.79. The van der Waals surface area contributed by atoms with Crippen molar-refractivity contribution in [1.29, 1.82) is 0 Å². The molecule has 4 nitrogen and oxygen atoms in total. The molecule has 1 aliphatic rings. The minimum atomic E-state index is 0.0933. The van der Waals surface area contributed by atoms with Crippen LogP contribution < -0.4 is 11.1 Å². The number of nitrogens with two attached hydrogens (primary N) is 1. The van der Waals surface area contributed by atoms with Crippen LogP contribution in [-0.2, 0) is 9.53 Å². The lowest BCUT2D eigenvalue weighted by molar-refractivity contribution is -0.127. The van der Waals surface area contributed by atoms with Gasteiger partial charge < -0.3 is 15.8 Å². The van der Waals surface area contributed by atoms with Crippen LogP contribution in [0, 0.1) is 11.8 Å². The lowest BCUT2D eigenvalue weighted by Crippen LogP contribution is -2.41. The van der Waals surface area contributed by atoms with Crippen molar-refractivity contribution in [3.8, 4) is 0 Å². The summed E-state index contributed by atoms with van der Waals surface area (Å²) < 4.78 is 5.00. The van der Waals surface area contributed by atoms with Gasteiger partial charge in [0, 0.05) is 19.1 Å². The van der Waals surface area contributed by atoms with E-state index in [1.807, 2.05) is 6.92 Å². The summed E-state index contributed by atoms with van der Waals surface area (Å²) in [5, 5.41) is 2.99. The number of amides is 1. The van der Waals surface area contributed by atoms with Crippen LogP contribution in [0.2, 0.25) is 0 Å². The molecule has 1 amide bonds. The lowest BCUT2D eigenvalue weighted by atomic mass is 9.81. The molecule has 0 aliphatic heterocycles. The Bertz CT molecular complexity index is 221. The van der Waals surface area contributed by atoms with Gasteiger partial charge in [0.25, 0.3) is 0 Å². The Morgan fingerprint density at radius 3 is 2.94 bits per heavy atom. The van der Waals surface area contributed by atoms with Crippen LogP contribution in [-0.4, -0.2) is 32.2 Å². The first-order valence-corrected chi connectivity index (χ1v) is 6.16. The van der Waals surface area contributed by atoms with Crippen LogP contribution in [0.5, 0.6) is 0 Å². The predicted octanol–water partition coefficient (Wildman–Crippen LogP) is 0.903. The van der Waals surface area contributed by atoms with Gasteiger partial charge in [-0.25, -0.2) is 0 Å². The largest absolute Gasteiger partial charge is 0.383 e. The van der Waals surface area contributed by atoms with E-state index >= 15 is 0 Å². The van der Waals surface area contributed by atoms with E-state index in [0.29, 0.717) is 19.1 Å². The lowest BCUT2D eigenvalue weighted by Gasteiger charge is -2.28. The highest BCUT2D eigenvalue weighted by Gasteiger charge is 2.26. The molecule has 0 radical (unpaired) electrons. The van der Waals surface area contributed by atoms with Crippen LogP contribution in [0.3, 0.4) is 0 Å². The molecular weight excluding hydrogens is 204 g/mol. The van der Waals surface area contributed by atoms with Gasteiger partial charge in [-0.3, -0.25) is 4.79 Å². The summed E-state index contributed by atoms with van der Waals surface area (Å²) in [5.74, 6) is 0.853. The van der Waals surface area contributed by atoms with Crippen molar-refractivity contribution in [3.63, 3.8) is 0 Å². The number of carbonyl (C=O) groups is 1. The molecular formula is C12H24N2O2. The summed E-state index contributed by atoms with van der Waals surface area (Å²) in [6, 6.07) is 0.0933. The van der Waals surface area contributed by atoms with E-state index in [2.05, 4.69) is 5.32 Å². The fourth-order valence-corrected chi connectivity index (χ4v) is 2.40. The fourth-order valence-electron chi connectivity index (χ4n) is 2.40. The number of nitrogens with one attached hydrogen (secondary N) is 1. The average Bonchev–Trinajstić information content (AvgIpc) is 2.29. The van der Waals surface area contributed by atoms with Gasteiger partial charge in [0.05, 0.1) is 6.61 Å². The van der Waals surface area contributed by atoms with Crippen molar-refractivity contribution >= 4 is 5.91 Å². The highest BCUT2D eigenvalue weighted by atomic mass is 16.5. The molecule has 0 spiro atoms. The molecule has 94 valence electrons. The second-order valence-corrected chi connectivity index (χ2v) is 4.83. The van der Waals surface area contributed by atoms with Crippen LogP contribution in [0.4, 0.5) is 0 Å². The Kier molecular flexibility index (Phi) is 5.77. The van der Waals surface area contributed by atoms with Crippen molar-refractivity contribution < 1.29 is 9.53 Å². The molecule has 0 aromatic carbocycles. The summed E-state index contributed by atoms with van der Waals surface area (Å²) in [6.07, 6.45) is 4.25. The standard InChI is InChI=1S/C12H24N2O2/c1-9(8-16-2)14-12(15)11-5-3-4-10(6-11)7-13/h9-11H,3-8,13H2,1-2H3,(H,14,15). The van der Waals surface area contributed by atoms with E-state index < -0.39 is 0 Å². The zero-order valence-electron chi connectivity index (χ0n) is 10.4. The molecule has 0 heterocycles. The molecule has 1 aliphatic carbocycles. The molecule has 4 heteroatoms. The monoisotopic (exact) mass is 228 g/mol. The minimum Gasteiger partial charge on any atom is -0.383 e. The topological polar surface area (TPSA) is 64.3 Å². The first-order valence-electron chi connectivity index (χ1n) is 6.16. The molecule has 16 heavy (non-hydrogen) atoms. The third kappa shape index (κ3) is 4.10. The fraction of sp³-hybridized carbons (Fsp3) is 0.917. The SMILES string of the molecule is COCC(C)NC(=O)C1CCCC(CN)C1. The van der Waals surface area contributed by atoms with Crippen molar-refractivity contribution in [2.45, 2.75) is 38.6 Å². The molecule has 0 bridgehead atoms. The maximum atomic E-state index is 11.9. The Morgan fingerprint density at radius 2 is 2.31 bits per heavy atom. The van der Waals surface area contributed by atoms with Gasteiger partial charge in [0.15, 0.2) is 0 Å². The van der Waals surface area contributed by atoms with Crippen molar-refractivity contribution in [2.75, 3.05) is 20.3 Å². The number of carbonyl (C=O) groups excluding carboxylic acids is 1. The van der Waals surface area contributed by atoms with Crippen molar-refractivity contribution in [2.24, 2.45) is 17.6 Å². The van der Waals surface area contributed by atoms with E-state index in [1.54, 1.807) is 7.11 Å². The first kappa shape index (κ1) is 13.5. The average molecular weight is 228 g/mol. The Balaban J connectivity index is 2.35. The predicted molar refractivity (Wildman–Crippen MR) is 64.0 cm³/mol. The third-order valence-corrected chi connectivity index (χ3v) is 3.29. The number of methoxy groups -OCH3 is 1. The van der Waals surface area contributed by atoms with E-state index in [9.17, 15) is 4.79 Å². The van der Waals surface area contributed by atoms with Gasteiger partial charge in [-0.05, 0) is 38.6 Å². The van der Waals surface area contributed by atoms with Crippen molar-refractivity contribution in [3.05, 3.63) is 0 Å². The maximum absolute atomic E-state index is 11.9. The summed E-state index contributed by atoms with van der Waals surface area (Å²) in [7, 11) is 1.65.